The van der Waals surface area contributed by atoms with E-state index in [1.54, 1.807) is 10.9 Å². The Morgan fingerprint density at radius 3 is 2.78 bits per heavy atom. The van der Waals surface area contributed by atoms with Crippen LogP contribution in [-0.2, 0) is 13.1 Å². The van der Waals surface area contributed by atoms with Gasteiger partial charge in [-0.25, -0.2) is 4.98 Å². The first-order valence-corrected chi connectivity index (χ1v) is 6.01. The Balaban J connectivity index is 2.32. The Labute approximate surface area is 107 Å². The van der Waals surface area contributed by atoms with E-state index in [4.69, 9.17) is 10.5 Å². The van der Waals surface area contributed by atoms with E-state index in [0.29, 0.717) is 18.2 Å². The van der Waals surface area contributed by atoms with Crippen molar-refractivity contribution >= 4 is 0 Å². The molecule has 0 bridgehead atoms. The van der Waals surface area contributed by atoms with Gasteiger partial charge in [-0.3, -0.25) is 4.68 Å². The lowest BCUT2D eigenvalue weighted by atomic mass is 10.1. The molecule has 0 saturated heterocycles. The first kappa shape index (κ1) is 12.6. The predicted molar refractivity (Wildman–Crippen MR) is 69.6 cm³/mol. The van der Waals surface area contributed by atoms with E-state index in [0.717, 1.165) is 23.4 Å². The molecule has 5 nitrogen and oxygen atoms in total. The van der Waals surface area contributed by atoms with Gasteiger partial charge in [-0.15, -0.1) is 0 Å². The zero-order chi connectivity index (χ0) is 13.1. The summed E-state index contributed by atoms with van der Waals surface area (Å²) in [7, 11) is 0. The van der Waals surface area contributed by atoms with Gasteiger partial charge in [0.2, 0.25) is 5.88 Å². The molecule has 0 aliphatic rings. The van der Waals surface area contributed by atoms with E-state index >= 15 is 0 Å². The fourth-order valence-corrected chi connectivity index (χ4v) is 1.84. The van der Waals surface area contributed by atoms with Crippen molar-refractivity contribution < 1.29 is 4.74 Å². The van der Waals surface area contributed by atoms with Gasteiger partial charge in [-0.05, 0) is 32.4 Å². The Bertz CT molecular complexity index is 548. The van der Waals surface area contributed by atoms with Gasteiger partial charge in [0.15, 0.2) is 5.75 Å². The van der Waals surface area contributed by atoms with E-state index in [9.17, 15) is 0 Å². The van der Waals surface area contributed by atoms with Crippen LogP contribution in [0, 0.1) is 13.8 Å². The third kappa shape index (κ3) is 2.51. The predicted octanol–water partition coefficient (Wildman–Crippen LogP) is 2.17. The Kier molecular flexibility index (Phi) is 3.62. The van der Waals surface area contributed by atoms with Crippen molar-refractivity contribution in [3.8, 4) is 11.6 Å². The summed E-state index contributed by atoms with van der Waals surface area (Å²) in [5.74, 6) is 1.26. The molecular formula is C13H18N4O. The summed E-state index contributed by atoms with van der Waals surface area (Å²) < 4.78 is 7.58. The molecule has 0 unspecified atom stereocenters. The number of hydrogen-bond acceptors (Lipinski definition) is 4. The number of nitrogens with two attached hydrogens (primary N) is 1. The molecule has 0 fully saturated rings. The molecule has 18 heavy (non-hydrogen) atoms. The lowest BCUT2D eigenvalue weighted by Crippen LogP contribution is -2.04. The summed E-state index contributed by atoms with van der Waals surface area (Å²) >= 11 is 0. The van der Waals surface area contributed by atoms with Gasteiger partial charge in [0.25, 0.3) is 0 Å². The normalized spacial score (nSPS) is 10.7. The zero-order valence-corrected chi connectivity index (χ0v) is 11.0. The molecule has 0 aromatic carbocycles. The van der Waals surface area contributed by atoms with E-state index in [-0.39, 0.29) is 0 Å². The number of hydrogen-bond donors (Lipinski definition) is 1. The van der Waals surface area contributed by atoms with Crippen LogP contribution in [0.2, 0.25) is 0 Å². The van der Waals surface area contributed by atoms with Crippen LogP contribution in [0.15, 0.2) is 18.5 Å². The average molecular weight is 246 g/mol. The molecule has 2 rings (SSSR count). The van der Waals surface area contributed by atoms with Crippen LogP contribution in [0.1, 0.15) is 23.7 Å². The van der Waals surface area contributed by atoms with Crippen LogP contribution < -0.4 is 10.5 Å². The van der Waals surface area contributed by atoms with Crippen molar-refractivity contribution in [2.24, 2.45) is 5.73 Å². The highest BCUT2D eigenvalue weighted by Crippen LogP contribution is 2.25. The minimum atomic E-state index is 0.413. The summed E-state index contributed by atoms with van der Waals surface area (Å²) in [6.07, 6.45) is 3.53. The number of aromatic nitrogens is 3. The molecule has 2 aromatic heterocycles. The SMILES string of the molecule is CCn1cc(Oc2nc(C)cc(C)c2CN)cn1. The molecule has 0 aliphatic heterocycles. The molecule has 96 valence electrons. The van der Waals surface area contributed by atoms with Crippen LogP contribution in [0.3, 0.4) is 0 Å². The smallest absolute Gasteiger partial charge is 0.224 e. The Hall–Kier alpha value is -1.88. The average Bonchev–Trinajstić information content (AvgIpc) is 2.76. The molecule has 2 N–H and O–H groups in total. The van der Waals surface area contributed by atoms with Gasteiger partial charge in [0.1, 0.15) is 0 Å². The molecule has 0 aliphatic carbocycles. The van der Waals surface area contributed by atoms with Gasteiger partial charge in [-0.1, -0.05) is 0 Å². The van der Waals surface area contributed by atoms with E-state index < -0.39 is 0 Å². The maximum Gasteiger partial charge on any atom is 0.224 e. The van der Waals surface area contributed by atoms with Crippen molar-refractivity contribution in [1.82, 2.24) is 14.8 Å². The van der Waals surface area contributed by atoms with Crippen molar-refractivity contribution in [3.63, 3.8) is 0 Å². The van der Waals surface area contributed by atoms with Gasteiger partial charge in [0, 0.05) is 24.3 Å². The summed E-state index contributed by atoms with van der Waals surface area (Å²) in [4.78, 5) is 4.40. The fourth-order valence-electron chi connectivity index (χ4n) is 1.84. The third-order valence-electron chi connectivity index (χ3n) is 2.79. The Morgan fingerprint density at radius 1 is 1.39 bits per heavy atom. The molecule has 0 amide bonds. The van der Waals surface area contributed by atoms with Crippen LogP contribution in [0.5, 0.6) is 11.6 Å². The largest absolute Gasteiger partial charge is 0.435 e. The minimum Gasteiger partial charge on any atom is -0.435 e. The summed E-state index contributed by atoms with van der Waals surface area (Å²) in [6, 6.07) is 2.00. The van der Waals surface area contributed by atoms with E-state index in [1.165, 1.54) is 0 Å². The second-order valence-electron chi connectivity index (χ2n) is 4.20. The third-order valence-corrected chi connectivity index (χ3v) is 2.79. The van der Waals surface area contributed by atoms with Crippen LogP contribution in [0.4, 0.5) is 0 Å². The topological polar surface area (TPSA) is 66.0 Å². The lowest BCUT2D eigenvalue weighted by molar-refractivity contribution is 0.453. The van der Waals surface area contributed by atoms with Crippen molar-refractivity contribution in [1.29, 1.82) is 0 Å². The van der Waals surface area contributed by atoms with Gasteiger partial charge < -0.3 is 10.5 Å². The number of nitrogens with zero attached hydrogens (tertiary/aromatic N) is 3. The van der Waals surface area contributed by atoms with E-state index in [1.807, 2.05) is 33.0 Å². The van der Waals surface area contributed by atoms with Gasteiger partial charge in [0.05, 0.1) is 12.4 Å². The highest BCUT2D eigenvalue weighted by molar-refractivity contribution is 5.37. The van der Waals surface area contributed by atoms with Crippen LogP contribution >= 0.6 is 0 Å². The number of pyridine rings is 1. The molecule has 2 aromatic rings. The van der Waals surface area contributed by atoms with Crippen LogP contribution in [0.25, 0.3) is 0 Å². The maximum absolute atomic E-state index is 5.77. The molecule has 0 spiro atoms. The maximum atomic E-state index is 5.77. The first-order chi connectivity index (χ1) is 8.63. The second kappa shape index (κ2) is 5.18. The monoisotopic (exact) mass is 246 g/mol. The molecular weight excluding hydrogens is 228 g/mol. The first-order valence-electron chi connectivity index (χ1n) is 6.01. The number of rotatable bonds is 4. The van der Waals surface area contributed by atoms with E-state index in [2.05, 4.69) is 10.1 Å². The van der Waals surface area contributed by atoms with Crippen LogP contribution in [-0.4, -0.2) is 14.8 Å². The number of ether oxygens (including phenoxy) is 1. The second-order valence-corrected chi connectivity index (χ2v) is 4.20. The quantitative estimate of drug-likeness (QED) is 0.897. The molecule has 5 heteroatoms. The summed E-state index contributed by atoms with van der Waals surface area (Å²) in [5, 5.41) is 4.16. The minimum absolute atomic E-state index is 0.413. The molecule has 2 heterocycles. The summed E-state index contributed by atoms with van der Waals surface area (Å²) in [6.45, 7) is 7.20. The standard InChI is InChI=1S/C13H18N4O/c1-4-17-8-11(7-15-17)18-13-12(6-14)9(2)5-10(3)16-13/h5,7-8H,4,6,14H2,1-3H3. The summed E-state index contributed by atoms with van der Waals surface area (Å²) in [5.41, 5.74) is 8.70. The van der Waals surface area contributed by atoms with Crippen molar-refractivity contribution in [3.05, 3.63) is 35.3 Å². The molecule has 0 atom stereocenters. The van der Waals surface area contributed by atoms with Crippen molar-refractivity contribution in [2.75, 3.05) is 0 Å². The van der Waals surface area contributed by atoms with Gasteiger partial charge in [-0.2, -0.15) is 5.10 Å². The molecule has 0 radical (unpaired) electrons. The van der Waals surface area contributed by atoms with Crippen molar-refractivity contribution in [2.45, 2.75) is 33.9 Å². The molecule has 0 saturated carbocycles. The fraction of sp³-hybridized carbons (Fsp3) is 0.385. The highest BCUT2D eigenvalue weighted by atomic mass is 16.5. The highest BCUT2D eigenvalue weighted by Gasteiger charge is 2.10. The zero-order valence-electron chi connectivity index (χ0n) is 11.0. The lowest BCUT2D eigenvalue weighted by Gasteiger charge is -2.11. The van der Waals surface area contributed by atoms with Gasteiger partial charge >= 0.3 is 0 Å². The number of aryl methyl sites for hydroxylation is 3. The Morgan fingerprint density at radius 2 is 2.17 bits per heavy atom.